The lowest BCUT2D eigenvalue weighted by Gasteiger charge is -2.30. The van der Waals surface area contributed by atoms with Crippen LogP contribution in [0.25, 0.3) is 0 Å². The summed E-state index contributed by atoms with van der Waals surface area (Å²) in [5.41, 5.74) is 6.75. The normalized spacial score (nSPS) is 17.2. The number of carbonyl (C=O) groups is 1. The molecule has 20 heavy (non-hydrogen) atoms. The number of nitrogens with zero attached hydrogens (tertiary/aromatic N) is 1. The fraction of sp³-hybridized carbons (Fsp3) is 0.562. The average Bonchev–Trinajstić information content (AvgIpc) is 2.50. The fourth-order valence-electron chi connectivity index (χ4n) is 2.58. The van der Waals surface area contributed by atoms with Gasteiger partial charge in [0.1, 0.15) is 12.4 Å². The van der Waals surface area contributed by atoms with E-state index >= 15 is 0 Å². The predicted octanol–water partition coefficient (Wildman–Crippen LogP) is 1.83. The molecule has 0 aliphatic carbocycles. The van der Waals surface area contributed by atoms with Crippen LogP contribution < -0.4 is 10.5 Å². The van der Waals surface area contributed by atoms with Gasteiger partial charge in [-0.2, -0.15) is 0 Å². The zero-order chi connectivity index (χ0) is 14.4. The zero-order valence-corrected chi connectivity index (χ0v) is 12.2. The van der Waals surface area contributed by atoms with Crippen molar-refractivity contribution < 1.29 is 9.53 Å². The molecule has 0 saturated heterocycles. The highest BCUT2D eigenvalue weighted by atomic mass is 16.5. The number of amides is 1. The van der Waals surface area contributed by atoms with E-state index in [1.54, 1.807) is 0 Å². The summed E-state index contributed by atoms with van der Waals surface area (Å²) in [4.78, 5) is 14.5. The summed E-state index contributed by atoms with van der Waals surface area (Å²) in [6, 6.07) is 7.95. The van der Waals surface area contributed by atoms with Crippen LogP contribution in [0.1, 0.15) is 25.3 Å². The third kappa shape index (κ3) is 3.51. The molecule has 1 amide bonds. The number of unbranched alkanes of at least 4 members (excludes halogenated alkanes) is 1. The van der Waals surface area contributed by atoms with Crippen molar-refractivity contribution in [2.75, 3.05) is 26.2 Å². The highest BCUT2D eigenvalue weighted by molar-refractivity contribution is 5.79. The van der Waals surface area contributed by atoms with Crippen LogP contribution in [0.4, 0.5) is 0 Å². The largest absolute Gasteiger partial charge is 0.492 e. The first kappa shape index (κ1) is 14.9. The molecule has 0 aromatic heterocycles. The number of rotatable bonds is 6. The van der Waals surface area contributed by atoms with E-state index in [1.807, 2.05) is 29.2 Å². The number of hydrogen-bond acceptors (Lipinski definition) is 3. The third-order valence-electron chi connectivity index (χ3n) is 3.72. The SMILES string of the molecule is CCCCN(CCN)C(=O)C1COc2ccccc2C1. The van der Waals surface area contributed by atoms with Crippen molar-refractivity contribution in [2.45, 2.75) is 26.2 Å². The molecule has 1 aromatic rings. The highest BCUT2D eigenvalue weighted by Crippen LogP contribution is 2.27. The van der Waals surface area contributed by atoms with Crippen LogP contribution in [0.2, 0.25) is 0 Å². The maximum atomic E-state index is 12.6. The Balaban J connectivity index is 2.01. The lowest BCUT2D eigenvalue weighted by atomic mass is 9.95. The molecule has 4 nitrogen and oxygen atoms in total. The number of para-hydroxylation sites is 1. The molecule has 110 valence electrons. The molecule has 1 aliphatic heterocycles. The predicted molar refractivity (Wildman–Crippen MR) is 79.7 cm³/mol. The van der Waals surface area contributed by atoms with Gasteiger partial charge in [0, 0.05) is 19.6 Å². The van der Waals surface area contributed by atoms with Gasteiger partial charge in [-0.1, -0.05) is 31.5 Å². The maximum absolute atomic E-state index is 12.6. The van der Waals surface area contributed by atoms with Crippen molar-refractivity contribution in [3.63, 3.8) is 0 Å². The molecule has 1 aliphatic rings. The molecule has 1 atom stereocenters. The van der Waals surface area contributed by atoms with Gasteiger partial charge in [-0.3, -0.25) is 4.79 Å². The number of carbonyl (C=O) groups excluding carboxylic acids is 1. The summed E-state index contributed by atoms with van der Waals surface area (Å²) in [6.45, 7) is 4.55. The molecule has 0 spiro atoms. The Kier molecular flexibility index (Phi) is 5.41. The standard InChI is InChI=1S/C16H24N2O2/c1-2-3-9-18(10-8-17)16(19)14-11-13-6-4-5-7-15(13)20-12-14/h4-7,14H,2-3,8-12,17H2,1H3. The molecule has 0 saturated carbocycles. The van der Waals surface area contributed by atoms with E-state index in [4.69, 9.17) is 10.5 Å². The summed E-state index contributed by atoms with van der Waals surface area (Å²) < 4.78 is 5.71. The minimum atomic E-state index is -0.0756. The van der Waals surface area contributed by atoms with Gasteiger partial charge in [0.05, 0.1) is 5.92 Å². The topological polar surface area (TPSA) is 55.6 Å². The molecule has 0 bridgehead atoms. The average molecular weight is 276 g/mol. The van der Waals surface area contributed by atoms with Crippen molar-refractivity contribution >= 4 is 5.91 Å². The summed E-state index contributed by atoms with van der Waals surface area (Å²) in [5.74, 6) is 1.02. The molecule has 1 unspecified atom stereocenters. The lowest BCUT2D eigenvalue weighted by Crippen LogP contribution is -2.43. The number of nitrogens with two attached hydrogens (primary N) is 1. The van der Waals surface area contributed by atoms with Gasteiger partial charge < -0.3 is 15.4 Å². The minimum Gasteiger partial charge on any atom is -0.492 e. The maximum Gasteiger partial charge on any atom is 0.229 e. The first-order valence-electron chi connectivity index (χ1n) is 7.45. The van der Waals surface area contributed by atoms with E-state index in [1.165, 1.54) is 0 Å². The van der Waals surface area contributed by atoms with Gasteiger partial charge in [-0.25, -0.2) is 0 Å². The third-order valence-corrected chi connectivity index (χ3v) is 3.72. The van der Waals surface area contributed by atoms with E-state index in [2.05, 4.69) is 6.92 Å². The van der Waals surface area contributed by atoms with Gasteiger partial charge in [0.25, 0.3) is 0 Å². The van der Waals surface area contributed by atoms with Crippen molar-refractivity contribution in [3.8, 4) is 5.75 Å². The molecular weight excluding hydrogens is 252 g/mol. The minimum absolute atomic E-state index is 0.0756. The van der Waals surface area contributed by atoms with Crippen LogP contribution in [-0.4, -0.2) is 37.0 Å². The smallest absolute Gasteiger partial charge is 0.229 e. The second-order valence-corrected chi connectivity index (χ2v) is 5.29. The highest BCUT2D eigenvalue weighted by Gasteiger charge is 2.28. The summed E-state index contributed by atoms with van der Waals surface area (Å²) >= 11 is 0. The van der Waals surface area contributed by atoms with Crippen LogP contribution in [0.5, 0.6) is 5.75 Å². The molecule has 2 rings (SSSR count). The summed E-state index contributed by atoms with van der Waals surface area (Å²) in [5, 5.41) is 0. The van der Waals surface area contributed by atoms with Gasteiger partial charge in [0.2, 0.25) is 5.91 Å². The Morgan fingerprint density at radius 2 is 2.20 bits per heavy atom. The van der Waals surface area contributed by atoms with Gasteiger partial charge in [-0.15, -0.1) is 0 Å². The number of fused-ring (bicyclic) bond motifs is 1. The lowest BCUT2D eigenvalue weighted by molar-refractivity contribution is -0.136. The van der Waals surface area contributed by atoms with Crippen molar-refractivity contribution in [2.24, 2.45) is 11.7 Å². The number of ether oxygens (including phenoxy) is 1. The Bertz CT molecular complexity index is 448. The van der Waals surface area contributed by atoms with Crippen molar-refractivity contribution in [1.29, 1.82) is 0 Å². The van der Waals surface area contributed by atoms with E-state index in [0.717, 1.165) is 37.1 Å². The monoisotopic (exact) mass is 276 g/mol. The molecule has 1 aromatic carbocycles. The molecule has 0 radical (unpaired) electrons. The zero-order valence-electron chi connectivity index (χ0n) is 12.2. The van der Waals surface area contributed by atoms with Gasteiger partial charge >= 0.3 is 0 Å². The summed E-state index contributed by atoms with van der Waals surface area (Å²) in [7, 11) is 0. The second-order valence-electron chi connectivity index (χ2n) is 5.29. The Morgan fingerprint density at radius 3 is 2.95 bits per heavy atom. The first-order chi connectivity index (χ1) is 9.76. The summed E-state index contributed by atoms with van der Waals surface area (Å²) in [6.07, 6.45) is 2.87. The molecular formula is C16H24N2O2. The number of benzene rings is 1. The number of hydrogen-bond donors (Lipinski definition) is 1. The van der Waals surface area contributed by atoms with Crippen LogP contribution in [-0.2, 0) is 11.2 Å². The van der Waals surface area contributed by atoms with Crippen LogP contribution >= 0.6 is 0 Å². The Morgan fingerprint density at radius 1 is 1.40 bits per heavy atom. The Hall–Kier alpha value is -1.55. The quantitative estimate of drug-likeness (QED) is 0.862. The van der Waals surface area contributed by atoms with Gasteiger partial charge in [0.15, 0.2) is 0 Å². The van der Waals surface area contributed by atoms with Crippen LogP contribution in [0.3, 0.4) is 0 Å². The van der Waals surface area contributed by atoms with E-state index in [9.17, 15) is 4.79 Å². The van der Waals surface area contributed by atoms with E-state index in [-0.39, 0.29) is 11.8 Å². The van der Waals surface area contributed by atoms with E-state index in [0.29, 0.717) is 19.7 Å². The van der Waals surface area contributed by atoms with Crippen LogP contribution in [0, 0.1) is 5.92 Å². The molecule has 4 heteroatoms. The Labute approximate surface area is 120 Å². The van der Waals surface area contributed by atoms with E-state index < -0.39 is 0 Å². The van der Waals surface area contributed by atoms with Gasteiger partial charge in [-0.05, 0) is 24.5 Å². The van der Waals surface area contributed by atoms with Crippen molar-refractivity contribution in [1.82, 2.24) is 4.90 Å². The first-order valence-corrected chi connectivity index (χ1v) is 7.45. The molecule has 0 fully saturated rings. The van der Waals surface area contributed by atoms with Crippen molar-refractivity contribution in [3.05, 3.63) is 29.8 Å². The molecule has 2 N–H and O–H groups in total. The fourth-order valence-corrected chi connectivity index (χ4v) is 2.58. The second kappa shape index (κ2) is 7.29. The van der Waals surface area contributed by atoms with Crippen LogP contribution in [0.15, 0.2) is 24.3 Å². The molecule has 1 heterocycles.